The summed E-state index contributed by atoms with van der Waals surface area (Å²) in [5.41, 5.74) is 1.93. The third-order valence-corrected chi connectivity index (χ3v) is 5.53. The third-order valence-electron chi connectivity index (χ3n) is 5.53. The van der Waals surface area contributed by atoms with Gasteiger partial charge in [0.2, 0.25) is 5.96 Å². The maximum atomic E-state index is 5.37. The van der Waals surface area contributed by atoms with Gasteiger partial charge >= 0.3 is 0 Å². The van der Waals surface area contributed by atoms with E-state index >= 15 is 0 Å². The van der Waals surface area contributed by atoms with Crippen LogP contribution in [0.3, 0.4) is 0 Å². The molecule has 1 atom stereocenters. The monoisotopic (exact) mass is 407 g/mol. The van der Waals surface area contributed by atoms with Crippen molar-refractivity contribution in [2.75, 3.05) is 32.2 Å². The summed E-state index contributed by atoms with van der Waals surface area (Å²) in [6, 6.07) is 16.1. The van der Waals surface area contributed by atoms with Gasteiger partial charge in [0.15, 0.2) is 0 Å². The minimum absolute atomic E-state index is 0.0957. The van der Waals surface area contributed by atoms with Gasteiger partial charge < -0.3 is 19.3 Å². The van der Waals surface area contributed by atoms with Crippen LogP contribution in [-0.2, 0) is 0 Å². The second kappa shape index (κ2) is 9.70. The molecule has 160 valence electrons. The Hall–Kier alpha value is -2.95. The SMILES string of the molecule is CC/C=C/CC1(C)CN(CC)C(=Nc2ccc(OC)cc2)N1c1ccc(OC)cc1. The first-order valence-electron chi connectivity index (χ1n) is 10.6. The topological polar surface area (TPSA) is 37.3 Å². The van der Waals surface area contributed by atoms with Crippen LogP contribution in [0.1, 0.15) is 33.6 Å². The van der Waals surface area contributed by atoms with Crippen molar-refractivity contribution in [3.05, 3.63) is 60.7 Å². The Balaban J connectivity index is 2.06. The number of benzene rings is 2. The first-order chi connectivity index (χ1) is 14.5. The molecule has 0 aliphatic carbocycles. The number of ether oxygens (including phenoxy) is 2. The van der Waals surface area contributed by atoms with Crippen LogP contribution < -0.4 is 14.4 Å². The summed E-state index contributed by atoms with van der Waals surface area (Å²) >= 11 is 0. The molecule has 1 saturated heterocycles. The van der Waals surface area contributed by atoms with E-state index in [0.29, 0.717) is 0 Å². The van der Waals surface area contributed by atoms with Crippen LogP contribution in [0.5, 0.6) is 11.5 Å². The molecule has 0 bridgehead atoms. The zero-order chi connectivity index (χ0) is 21.6. The molecular formula is C25H33N3O2. The second-order valence-electron chi connectivity index (χ2n) is 7.74. The Morgan fingerprint density at radius 1 is 0.933 bits per heavy atom. The zero-order valence-electron chi connectivity index (χ0n) is 18.8. The second-order valence-corrected chi connectivity index (χ2v) is 7.74. The minimum atomic E-state index is -0.0957. The summed E-state index contributed by atoms with van der Waals surface area (Å²) in [6.07, 6.45) is 6.53. The van der Waals surface area contributed by atoms with Crippen molar-refractivity contribution in [2.45, 2.75) is 39.2 Å². The average Bonchev–Trinajstić information content (AvgIpc) is 3.06. The molecule has 0 aromatic heterocycles. The van der Waals surface area contributed by atoms with E-state index in [9.17, 15) is 0 Å². The van der Waals surface area contributed by atoms with E-state index < -0.39 is 0 Å². The highest BCUT2D eigenvalue weighted by Crippen LogP contribution is 2.37. The number of likely N-dealkylation sites (N-methyl/N-ethyl adjacent to an activating group) is 1. The molecule has 0 spiro atoms. The van der Waals surface area contributed by atoms with Gasteiger partial charge in [-0.2, -0.15) is 0 Å². The lowest BCUT2D eigenvalue weighted by Crippen LogP contribution is -2.45. The Kier molecular flexibility index (Phi) is 7.03. The molecule has 0 saturated carbocycles. The normalized spacial score (nSPS) is 20.4. The molecule has 0 N–H and O–H groups in total. The summed E-state index contributed by atoms with van der Waals surface area (Å²) in [5.74, 6) is 2.66. The highest BCUT2D eigenvalue weighted by Gasteiger charge is 2.44. The van der Waals surface area contributed by atoms with Gasteiger partial charge in [0.1, 0.15) is 11.5 Å². The number of hydrogen-bond donors (Lipinski definition) is 0. The van der Waals surface area contributed by atoms with Crippen molar-refractivity contribution in [1.29, 1.82) is 0 Å². The van der Waals surface area contributed by atoms with E-state index in [-0.39, 0.29) is 5.54 Å². The number of nitrogens with zero attached hydrogens (tertiary/aromatic N) is 3. The van der Waals surface area contributed by atoms with Gasteiger partial charge in [-0.25, -0.2) is 4.99 Å². The molecule has 1 heterocycles. The maximum Gasteiger partial charge on any atom is 0.207 e. The van der Waals surface area contributed by atoms with Gasteiger partial charge in [-0.15, -0.1) is 0 Å². The number of hydrogen-bond acceptors (Lipinski definition) is 3. The van der Waals surface area contributed by atoms with Crippen molar-refractivity contribution in [3.8, 4) is 11.5 Å². The van der Waals surface area contributed by atoms with Gasteiger partial charge in [0, 0.05) is 18.8 Å². The van der Waals surface area contributed by atoms with Crippen molar-refractivity contribution in [2.24, 2.45) is 4.99 Å². The van der Waals surface area contributed by atoms with E-state index in [1.54, 1.807) is 14.2 Å². The van der Waals surface area contributed by atoms with E-state index in [4.69, 9.17) is 14.5 Å². The number of allylic oxidation sites excluding steroid dienone is 1. The van der Waals surface area contributed by atoms with Crippen LogP contribution in [0, 0.1) is 0 Å². The first kappa shape index (κ1) is 21.8. The molecule has 0 amide bonds. The summed E-state index contributed by atoms with van der Waals surface area (Å²) in [4.78, 5) is 9.80. The summed E-state index contributed by atoms with van der Waals surface area (Å²) in [5, 5.41) is 0. The summed E-state index contributed by atoms with van der Waals surface area (Å²) < 4.78 is 10.7. The number of rotatable bonds is 8. The highest BCUT2D eigenvalue weighted by atomic mass is 16.5. The van der Waals surface area contributed by atoms with Gasteiger partial charge in [-0.3, -0.25) is 0 Å². The third kappa shape index (κ3) is 4.61. The molecule has 5 nitrogen and oxygen atoms in total. The standard InChI is InChI=1S/C25H33N3O2/c1-6-8-9-18-25(3)19-27(7-2)24(26-20-10-14-22(29-4)15-11-20)28(25)21-12-16-23(30-5)17-13-21/h8-17H,6-7,18-19H2,1-5H3/b9-8+,26-24?. The molecule has 5 heteroatoms. The van der Waals surface area contributed by atoms with E-state index in [2.05, 4.69) is 54.9 Å². The van der Waals surface area contributed by atoms with Crippen LogP contribution in [0.15, 0.2) is 65.7 Å². The number of anilines is 1. The lowest BCUT2D eigenvalue weighted by molar-refractivity contribution is 0.384. The van der Waals surface area contributed by atoms with Crippen molar-refractivity contribution in [1.82, 2.24) is 4.90 Å². The largest absolute Gasteiger partial charge is 0.497 e. The van der Waals surface area contributed by atoms with Gasteiger partial charge in [-0.1, -0.05) is 19.1 Å². The summed E-state index contributed by atoms with van der Waals surface area (Å²) in [6.45, 7) is 8.48. The quantitative estimate of drug-likeness (QED) is 0.530. The number of aliphatic imine (C=N–C) groups is 1. The Morgan fingerprint density at radius 2 is 1.53 bits per heavy atom. The van der Waals surface area contributed by atoms with Gasteiger partial charge in [0.05, 0.1) is 25.4 Å². The fraction of sp³-hybridized carbons (Fsp3) is 0.400. The van der Waals surface area contributed by atoms with Crippen LogP contribution in [0.25, 0.3) is 0 Å². The van der Waals surface area contributed by atoms with Gasteiger partial charge in [0.25, 0.3) is 0 Å². The Labute approximate surface area is 180 Å². The van der Waals surface area contributed by atoms with Crippen LogP contribution in [0.4, 0.5) is 11.4 Å². The van der Waals surface area contributed by atoms with Crippen molar-refractivity contribution in [3.63, 3.8) is 0 Å². The molecule has 1 fully saturated rings. The van der Waals surface area contributed by atoms with Crippen LogP contribution >= 0.6 is 0 Å². The number of guanidine groups is 1. The predicted octanol–water partition coefficient (Wildman–Crippen LogP) is 5.65. The Bertz CT molecular complexity index is 874. The molecular weight excluding hydrogens is 374 g/mol. The Morgan fingerprint density at radius 3 is 2.07 bits per heavy atom. The fourth-order valence-electron chi connectivity index (χ4n) is 3.90. The lowest BCUT2D eigenvalue weighted by atomic mass is 9.95. The molecule has 30 heavy (non-hydrogen) atoms. The highest BCUT2D eigenvalue weighted by molar-refractivity contribution is 6.01. The van der Waals surface area contributed by atoms with E-state index in [1.165, 1.54) is 0 Å². The average molecular weight is 408 g/mol. The fourth-order valence-corrected chi connectivity index (χ4v) is 3.90. The van der Waals surface area contributed by atoms with Crippen molar-refractivity contribution >= 4 is 17.3 Å². The van der Waals surface area contributed by atoms with E-state index in [1.807, 2.05) is 36.4 Å². The minimum Gasteiger partial charge on any atom is -0.497 e. The summed E-state index contributed by atoms with van der Waals surface area (Å²) in [7, 11) is 3.37. The van der Waals surface area contributed by atoms with Crippen LogP contribution in [0.2, 0.25) is 0 Å². The van der Waals surface area contributed by atoms with Crippen LogP contribution in [-0.4, -0.2) is 43.7 Å². The molecule has 1 aliphatic heterocycles. The molecule has 2 aromatic carbocycles. The van der Waals surface area contributed by atoms with Crippen molar-refractivity contribution < 1.29 is 9.47 Å². The molecule has 0 radical (unpaired) electrons. The number of methoxy groups -OCH3 is 2. The van der Waals surface area contributed by atoms with Gasteiger partial charge in [-0.05, 0) is 75.2 Å². The predicted molar refractivity (Wildman–Crippen MR) is 125 cm³/mol. The first-order valence-corrected chi connectivity index (χ1v) is 10.6. The molecule has 2 aromatic rings. The maximum absolute atomic E-state index is 5.37. The lowest BCUT2D eigenvalue weighted by Gasteiger charge is -2.34. The smallest absolute Gasteiger partial charge is 0.207 e. The molecule has 3 rings (SSSR count). The zero-order valence-corrected chi connectivity index (χ0v) is 18.8. The molecule has 1 unspecified atom stereocenters. The molecule has 1 aliphatic rings. The van der Waals surface area contributed by atoms with E-state index in [0.717, 1.165) is 54.8 Å².